The number of rotatable bonds is 13. The van der Waals surface area contributed by atoms with Crippen molar-refractivity contribution in [3.8, 4) is 0 Å². The molecule has 48 heavy (non-hydrogen) atoms. The van der Waals surface area contributed by atoms with Gasteiger partial charge >= 0.3 is 23.5 Å². The summed E-state index contributed by atoms with van der Waals surface area (Å²) in [5.74, 6) is -0.826. The average Bonchev–Trinajstić information content (AvgIpc) is 3.64. The number of fused-ring (bicyclic) bond motifs is 1. The number of aliphatic hydroxyl groups is 3. The molecule has 27 heteroatoms. The van der Waals surface area contributed by atoms with Gasteiger partial charge in [-0.1, -0.05) is 12.2 Å². The maximum atomic E-state index is 12.6. The van der Waals surface area contributed by atoms with Crippen LogP contribution in [0.2, 0.25) is 0 Å². The van der Waals surface area contributed by atoms with E-state index >= 15 is 0 Å². The Morgan fingerprint density at radius 1 is 0.938 bits per heavy atom. The third-order valence-electron chi connectivity index (χ3n) is 7.11. The lowest BCUT2D eigenvalue weighted by atomic mass is 10.1. The normalized spacial score (nSPS) is 31.9. The highest BCUT2D eigenvalue weighted by molar-refractivity contribution is 7.61. The number of primary amides is 1. The molecular weight excluding hydrogens is 715 g/mol. The van der Waals surface area contributed by atoms with E-state index in [1.807, 2.05) is 0 Å². The second kappa shape index (κ2) is 13.9. The summed E-state index contributed by atoms with van der Waals surface area (Å²) >= 11 is 0. The second-order valence-electron chi connectivity index (χ2n) is 10.4. The molecule has 0 aromatic carbocycles. The van der Waals surface area contributed by atoms with Gasteiger partial charge in [0, 0.05) is 12.7 Å². The van der Waals surface area contributed by atoms with Crippen LogP contribution >= 0.6 is 23.5 Å². The molecule has 0 bridgehead atoms. The third-order valence-corrected chi connectivity index (χ3v) is 10.2. The number of phosphoric ester groups is 3. The van der Waals surface area contributed by atoms with Crippen LogP contribution in [0, 0.1) is 0 Å². The number of aromatic nitrogens is 4. The van der Waals surface area contributed by atoms with Crippen LogP contribution in [0.4, 0.5) is 5.82 Å². The number of carbonyl (C=O) groups is 1. The first-order valence-corrected chi connectivity index (χ1v) is 18.0. The van der Waals surface area contributed by atoms with Crippen molar-refractivity contribution in [1.29, 1.82) is 0 Å². The van der Waals surface area contributed by atoms with Gasteiger partial charge in [-0.2, -0.15) is 4.31 Å². The van der Waals surface area contributed by atoms with Crippen LogP contribution in [-0.2, 0) is 45.8 Å². The number of anilines is 1. The van der Waals surface area contributed by atoms with E-state index in [2.05, 4.69) is 23.8 Å². The largest absolute Gasteiger partial charge is 0.481 e. The highest BCUT2D eigenvalue weighted by Crippen LogP contribution is 2.61. The van der Waals surface area contributed by atoms with Gasteiger partial charge in [-0.3, -0.25) is 22.9 Å². The van der Waals surface area contributed by atoms with Gasteiger partial charge in [0.2, 0.25) is 5.91 Å². The molecule has 11 N–H and O–H groups in total. The van der Waals surface area contributed by atoms with Gasteiger partial charge < -0.3 is 60.7 Å². The topological polar surface area (TPSA) is 364 Å². The van der Waals surface area contributed by atoms with Crippen LogP contribution in [0.1, 0.15) is 6.23 Å². The minimum atomic E-state index is -5.52. The minimum absolute atomic E-state index is 0.00459. The lowest BCUT2D eigenvalue weighted by molar-refractivity contribution is -0.114. The van der Waals surface area contributed by atoms with E-state index in [4.69, 9.17) is 30.0 Å². The minimum Gasteiger partial charge on any atom is -0.387 e. The molecule has 2 saturated heterocycles. The van der Waals surface area contributed by atoms with Crippen LogP contribution in [0.15, 0.2) is 36.6 Å². The Balaban J connectivity index is 1.20. The Kier molecular flexibility index (Phi) is 10.6. The van der Waals surface area contributed by atoms with Crippen molar-refractivity contribution in [3.63, 3.8) is 0 Å². The van der Waals surface area contributed by atoms with Crippen molar-refractivity contribution in [3.05, 3.63) is 36.6 Å². The van der Waals surface area contributed by atoms with Gasteiger partial charge in [-0.05, 0) is 0 Å². The number of nitrogens with two attached hydrogens (primary N) is 2. The molecule has 3 aliphatic heterocycles. The number of aliphatic hydroxyl groups excluding tert-OH is 3. The van der Waals surface area contributed by atoms with Crippen molar-refractivity contribution in [2.45, 2.75) is 49.1 Å². The number of nitrogen functional groups attached to an aromatic ring is 1. The average molecular weight is 745 g/mol. The zero-order valence-corrected chi connectivity index (χ0v) is 26.8. The first kappa shape index (κ1) is 36.5. The predicted molar refractivity (Wildman–Crippen MR) is 153 cm³/mol. The van der Waals surface area contributed by atoms with Gasteiger partial charge in [0.05, 0.1) is 25.1 Å². The lowest BCUT2D eigenvalue weighted by Crippen LogP contribution is -2.42. The summed E-state index contributed by atoms with van der Waals surface area (Å²) in [6.45, 7) is -1.88. The molecule has 2 fully saturated rings. The molecule has 0 spiro atoms. The Hall–Kier alpha value is -2.73. The summed E-state index contributed by atoms with van der Waals surface area (Å²) in [5.41, 5.74) is 11.2. The van der Waals surface area contributed by atoms with E-state index in [1.54, 1.807) is 0 Å². The molecule has 0 aliphatic carbocycles. The molecule has 1 amide bonds. The zero-order valence-electron chi connectivity index (χ0n) is 24.1. The fourth-order valence-electron chi connectivity index (χ4n) is 4.96. The number of amides is 1. The summed E-state index contributed by atoms with van der Waals surface area (Å²) in [6, 6.07) is 0. The maximum absolute atomic E-state index is 12.6. The molecule has 5 rings (SSSR count). The van der Waals surface area contributed by atoms with Crippen LogP contribution in [0.5, 0.6) is 0 Å². The Bertz CT molecular complexity index is 1740. The number of nitrogens with zero attached hydrogens (tertiary/aromatic N) is 5. The Labute approximate surface area is 268 Å². The molecule has 0 radical (unpaired) electrons. The molecular formula is C21H30N7O17P3. The van der Waals surface area contributed by atoms with Crippen molar-refractivity contribution in [2.24, 2.45) is 5.73 Å². The molecule has 3 aliphatic rings. The van der Waals surface area contributed by atoms with E-state index in [0.717, 1.165) is 17.2 Å². The molecule has 0 saturated carbocycles. The number of imidazole rings is 1. The number of phosphoric acid groups is 3. The highest BCUT2D eigenvalue weighted by Gasteiger charge is 2.51. The lowest BCUT2D eigenvalue weighted by Gasteiger charge is -2.30. The van der Waals surface area contributed by atoms with Crippen LogP contribution in [0.25, 0.3) is 11.2 Å². The van der Waals surface area contributed by atoms with Crippen molar-refractivity contribution >= 4 is 46.4 Å². The molecule has 10 atom stereocenters. The van der Waals surface area contributed by atoms with Gasteiger partial charge in [0.15, 0.2) is 23.9 Å². The summed E-state index contributed by atoms with van der Waals surface area (Å²) in [5, 5.41) is 31.6. The zero-order chi connectivity index (χ0) is 35.2. The molecule has 266 valence electrons. The fourth-order valence-corrected chi connectivity index (χ4v) is 7.60. The first-order chi connectivity index (χ1) is 22.4. The standard InChI is InChI=1S/C21H30N7O17P3/c22-17-12-19(25-7-24-17)28(8-26-12)21-16(44-46(33,34)35)14(30)11(43-21)6-41-48(38,39)45-47(36,37)40-5-10-13(29)15(31)20(42-10)27-3-1-2-9(4-27)18(23)32/h1-2,4,7-8,10-11,13-16,20-21,29-31H,3,5-6H2,(H2,23,32)(H,36,37)(H,38,39)(H2,22,24,25)(H2,33,34,35)/t10-,11-,13-,14-,15-,16-,20-,21-/m1/s1. The Morgan fingerprint density at radius 3 is 2.19 bits per heavy atom. The third kappa shape index (κ3) is 8.17. The van der Waals surface area contributed by atoms with Gasteiger partial charge in [-0.25, -0.2) is 28.6 Å². The number of hydrogen-bond acceptors (Lipinski definition) is 18. The Morgan fingerprint density at radius 2 is 1.56 bits per heavy atom. The number of carbonyl (C=O) groups excluding carboxylic acids is 1. The molecule has 2 aromatic heterocycles. The molecule has 24 nitrogen and oxygen atoms in total. The second-order valence-corrected chi connectivity index (χ2v) is 14.6. The van der Waals surface area contributed by atoms with Gasteiger partial charge in [0.25, 0.3) is 0 Å². The van der Waals surface area contributed by atoms with Crippen LogP contribution in [0.3, 0.4) is 0 Å². The van der Waals surface area contributed by atoms with E-state index in [9.17, 15) is 53.4 Å². The highest BCUT2D eigenvalue weighted by atomic mass is 31.3. The van der Waals surface area contributed by atoms with Gasteiger partial charge in [0.1, 0.15) is 48.5 Å². The SMILES string of the molecule is NC(=O)C1=CN([C@@H]2O[C@H](COP(=O)(O)OP(=O)(O)OC[C@H]3O[C@@H](n4cnc5c(N)ncnc54)[C@H](OP(=O)(O)O)[C@@H]3O)[C@@H](O)[C@H]2O)CC=C1. The first-order valence-electron chi connectivity index (χ1n) is 13.5. The van der Waals surface area contributed by atoms with Crippen molar-refractivity contribution in [2.75, 3.05) is 25.5 Å². The summed E-state index contributed by atoms with van der Waals surface area (Å²) < 4.78 is 67.2. The quantitative estimate of drug-likeness (QED) is 0.0927. The van der Waals surface area contributed by atoms with Crippen LogP contribution in [-0.4, -0.2) is 128 Å². The summed E-state index contributed by atoms with van der Waals surface area (Å²) in [7, 11) is -16.3. The fraction of sp³-hybridized carbons (Fsp3) is 0.524. The summed E-state index contributed by atoms with van der Waals surface area (Å²) in [4.78, 5) is 63.5. The molecule has 2 unspecified atom stereocenters. The number of hydrogen-bond donors (Lipinski definition) is 9. The van der Waals surface area contributed by atoms with E-state index < -0.39 is 91.7 Å². The van der Waals surface area contributed by atoms with E-state index in [1.165, 1.54) is 23.3 Å². The summed E-state index contributed by atoms with van der Waals surface area (Å²) in [6.07, 6.45) is -6.60. The molecule has 5 heterocycles. The molecule has 2 aromatic rings. The predicted octanol–water partition coefficient (Wildman–Crippen LogP) is -2.92. The van der Waals surface area contributed by atoms with Crippen molar-refractivity contribution in [1.82, 2.24) is 24.4 Å². The maximum Gasteiger partial charge on any atom is 0.481 e. The van der Waals surface area contributed by atoms with E-state index in [-0.39, 0.29) is 29.1 Å². The number of ether oxygens (including phenoxy) is 2. The van der Waals surface area contributed by atoms with Gasteiger partial charge in [-0.15, -0.1) is 0 Å². The smallest absolute Gasteiger partial charge is 0.387 e. The van der Waals surface area contributed by atoms with Crippen LogP contribution < -0.4 is 11.5 Å². The van der Waals surface area contributed by atoms with E-state index in [0.29, 0.717) is 0 Å². The monoisotopic (exact) mass is 745 g/mol. The van der Waals surface area contributed by atoms with Crippen molar-refractivity contribution < 1.29 is 80.7 Å².